The van der Waals surface area contributed by atoms with Gasteiger partial charge in [-0.1, -0.05) is 6.42 Å². The molecule has 1 aliphatic carbocycles. The number of hydrogen-bond acceptors (Lipinski definition) is 4. The SMILES string of the molecule is NC[C@@H]1OC2(CCCCC2)O[C@H]1CN. The van der Waals surface area contributed by atoms with Gasteiger partial charge in [0, 0.05) is 25.9 Å². The van der Waals surface area contributed by atoms with E-state index in [1.165, 1.54) is 19.3 Å². The quantitative estimate of drug-likeness (QED) is 0.674. The summed E-state index contributed by atoms with van der Waals surface area (Å²) in [5.74, 6) is -0.341. The van der Waals surface area contributed by atoms with Gasteiger partial charge in [0.1, 0.15) is 12.2 Å². The maximum atomic E-state index is 5.92. The van der Waals surface area contributed by atoms with Crippen LogP contribution in [-0.4, -0.2) is 31.1 Å². The van der Waals surface area contributed by atoms with Crippen LogP contribution in [0.2, 0.25) is 0 Å². The van der Waals surface area contributed by atoms with E-state index in [1.807, 2.05) is 0 Å². The first-order valence-corrected chi connectivity index (χ1v) is 5.55. The number of hydrogen-bond donors (Lipinski definition) is 2. The van der Waals surface area contributed by atoms with Gasteiger partial charge in [0.05, 0.1) is 0 Å². The van der Waals surface area contributed by atoms with Gasteiger partial charge in [-0.25, -0.2) is 0 Å². The van der Waals surface area contributed by atoms with Crippen LogP contribution in [0.4, 0.5) is 0 Å². The summed E-state index contributed by atoms with van der Waals surface area (Å²) in [6.07, 6.45) is 5.66. The van der Waals surface area contributed by atoms with Crippen molar-refractivity contribution in [3.63, 3.8) is 0 Å². The minimum Gasteiger partial charge on any atom is -0.343 e. The van der Waals surface area contributed by atoms with E-state index in [1.54, 1.807) is 0 Å². The van der Waals surface area contributed by atoms with Crippen LogP contribution in [0.15, 0.2) is 0 Å². The fourth-order valence-corrected chi connectivity index (χ4v) is 2.46. The Morgan fingerprint density at radius 2 is 1.43 bits per heavy atom. The van der Waals surface area contributed by atoms with Gasteiger partial charge in [0.15, 0.2) is 5.79 Å². The molecule has 0 bridgehead atoms. The van der Waals surface area contributed by atoms with Crippen molar-refractivity contribution in [3.05, 3.63) is 0 Å². The molecule has 1 aliphatic heterocycles. The van der Waals surface area contributed by atoms with Crippen LogP contribution in [0.1, 0.15) is 32.1 Å². The van der Waals surface area contributed by atoms with Crippen LogP contribution in [-0.2, 0) is 9.47 Å². The predicted molar refractivity (Wildman–Crippen MR) is 53.7 cm³/mol. The van der Waals surface area contributed by atoms with Crippen molar-refractivity contribution in [1.82, 2.24) is 0 Å². The lowest BCUT2D eigenvalue weighted by Crippen LogP contribution is -2.35. The highest BCUT2D eigenvalue weighted by atomic mass is 16.8. The fraction of sp³-hybridized carbons (Fsp3) is 1.00. The smallest absolute Gasteiger partial charge is 0.169 e. The summed E-state index contributed by atoms with van der Waals surface area (Å²) in [6.45, 7) is 1.01. The molecule has 0 unspecified atom stereocenters. The van der Waals surface area contributed by atoms with Gasteiger partial charge in [0.2, 0.25) is 0 Å². The van der Waals surface area contributed by atoms with E-state index in [4.69, 9.17) is 20.9 Å². The average Bonchev–Trinajstić information content (AvgIpc) is 2.57. The molecule has 0 aromatic rings. The third-order valence-electron chi connectivity index (χ3n) is 3.23. The molecule has 0 amide bonds. The summed E-state index contributed by atoms with van der Waals surface area (Å²) in [5.41, 5.74) is 11.3. The molecule has 1 spiro atoms. The van der Waals surface area contributed by atoms with Crippen molar-refractivity contribution in [3.8, 4) is 0 Å². The van der Waals surface area contributed by atoms with Crippen molar-refractivity contribution < 1.29 is 9.47 Å². The summed E-state index contributed by atoms with van der Waals surface area (Å²) in [5, 5.41) is 0. The topological polar surface area (TPSA) is 70.5 Å². The molecule has 2 rings (SSSR count). The minimum atomic E-state index is -0.341. The molecule has 0 aromatic carbocycles. The summed E-state index contributed by atoms with van der Waals surface area (Å²) in [7, 11) is 0. The van der Waals surface area contributed by atoms with E-state index in [-0.39, 0.29) is 18.0 Å². The van der Waals surface area contributed by atoms with Crippen molar-refractivity contribution in [1.29, 1.82) is 0 Å². The molecule has 2 aliphatic rings. The molecule has 4 N–H and O–H groups in total. The molecule has 1 saturated carbocycles. The predicted octanol–water partition coefficient (Wildman–Crippen LogP) is 0.348. The highest BCUT2D eigenvalue weighted by Crippen LogP contribution is 2.39. The van der Waals surface area contributed by atoms with Crippen LogP contribution >= 0.6 is 0 Å². The third-order valence-corrected chi connectivity index (χ3v) is 3.23. The minimum absolute atomic E-state index is 0.00176. The normalized spacial score (nSPS) is 36.4. The van der Waals surface area contributed by atoms with E-state index < -0.39 is 0 Å². The van der Waals surface area contributed by atoms with Gasteiger partial charge in [-0.05, 0) is 12.8 Å². The Bertz CT molecular complexity index is 179. The lowest BCUT2D eigenvalue weighted by atomic mass is 9.94. The highest BCUT2D eigenvalue weighted by molar-refractivity contribution is 4.88. The lowest BCUT2D eigenvalue weighted by molar-refractivity contribution is -0.192. The third kappa shape index (κ3) is 1.80. The first-order chi connectivity index (χ1) is 6.79. The highest BCUT2D eigenvalue weighted by Gasteiger charge is 2.46. The molecule has 2 atom stereocenters. The number of ether oxygens (including phenoxy) is 2. The van der Waals surface area contributed by atoms with E-state index in [0.717, 1.165) is 12.8 Å². The Labute approximate surface area is 84.9 Å². The second-order valence-electron chi connectivity index (χ2n) is 4.26. The summed E-state index contributed by atoms with van der Waals surface area (Å²) >= 11 is 0. The van der Waals surface area contributed by atoms with Gasteiger partial charge >= 0.3 is 0 Å². The molecule has 4 heteroatoms. The van der Waals surface area contributed by atoms with E-state index in [2.05, 4.69) is 0 Å². The molecule has 2 fully saturated rings. The molecule has 82 valence electrons. The van der Waals surface area contributed by atoms with Gasteiger partial charge in [0.25, 0.3) is 0 Å². The van der Waals surface area contributed by atoms with Crippen LogP contribution < -0.4 is 11.5 Å². The lowest BCUT2D eigenvalue weighted by Gasteiger charge is -2.31. The Morgan fingerprint density at radius 1 is 0.929 bits per heavy atom. The van der Waals surface area contributed by atoms with E-state index in [0.29, 0.717) is 13.1 Å². The molecule has 0 radical (unpaired) electrons. The summed E-state index contributed by atoms with van der Waals surface area (Å²) in [6, 6.07) is 0. The summed E-state index contributed by atoms with van der Waals surface area (Å²) in [4.78, 5) is 0. The Kier molecular flexibility index (Phi) is 3.07. The van der Waals surface area contributed by atoms with Crippen molar-refractivity contribution in [2.45, 2.75) is 50.1 Å². The van der Waals surface area contributed by atoms with E-state index >= 15 is 0 Å². The maximum Gasteiger partial charge on any atom is 0.169 e. The average molecular weight is 200 g/mol. The zero-order chi connectivity index (χ0) is 10.0. The Hall–Kier alpha value is -0.160. The van der Waals surface area contributed by atoms with Crippen LogP contribution in [0.25, 0.3) is 0 Å². The van der Waals surface area contributed by atoms with Crippen LogP contribution in [0.5, 0.6) is 0 Å². The van der Waals surface area contributed by atoms with E-state index in [9.17, 15) is 0 Å². The van der Waals surface area contributed by atoms with Gasteiger partial charge in [-0.3, -0.25) is 0 Å². The zero-order valence-electron chi connectivity index (χ0n) is 8.58. The van der Waals surface area contributed by atoms with Gasteiger partial charge in [-0.2, -0.15) is 0 Å². The zero-order valence-corrected chi connectivity index (χ0v) is 8.58. The van der Waals surface area contributed by atoms with Crippen LogP contribution in [0, 0.1) is 0 Å². The second-order valence-corrected chi connectivity index (χ2v) is 4.26. The molecule has 1 heterocycles. The van der Waals surface area contributed by atoms with Crippen molar-refractivity contribution >= 4 is 0 Å². The Balaban J connectivity index is 2.01. The molecule has 1 saturated heterocycles. The van der Waals surface area contributed by atoms with Crippen molar-refractivity contribution in [2.24, 2.45) is 11.5 Å². The maximum absolute atomic E-state index is 5.92. The Morgan fingerprint density at radius 3 is 1.86 bits per heavy atom. The standard InChI is InChI=1S/C10H20N2O2/c11-6-8-9(7-12)14-10(13-8)4-2-1-3-5-10/h8-9H,1-7,11-12H2/t8-,9-/m0/s1. The van der Waals surface area contributed by atoms with Gasteiger partial charge in [-0.15, -0.1) is 0 Å². The number of rotatable bonds is 2. The van der Waals surface area contributed by atoms with Gasteiger partial charge < -0.3 is 20.9 Å². The molecule has 14 heavy (non-hydrogen) atoms. The fourth-order valence-electron chi connectivity index (χ4n) is 2.46. The molecule has 4 nitrogen and oxygen atoms in total. The van der Waals surface area contributed by atoms with Crippen molar-refractivity contribution in [2.75, 3.05) is 13.1 Å². The first-order valence-electron chi connectivity index (χ1n) is 5.55. The molecule has 0 aromatic heterocycles. The number of nitrogens with two attached hydrogens (primary N) is 2. The summed E-state index contributed by atoms with van der Waals surface area (Å²) < 4.78 is 11.8. The van der Waals surface area contributed by atoms with Crippen LogP contribution in [0.3, 0.4) is 0 Å². The molecular weight excluding hydrogens is 180 g/mol. The first kappa shape index (κ1) is 10.4. The monoisotopic (exact) mass is 200 g/mol. The molecular formula is C10H20N2O2. The second kappa shape index (κ2) is 4.14. The largest absolute Gasteiger partial charge is 0.343 e.